The van der Waals surface area contributed by atoms with Crippen LogP contribution >= 0.6 is 23.4 Å². The van der Waals surface area contributed by atoms with Crippen molar-refractivity contribution in [1.82, 2.24) is 5.32 Å². The quantitative estimate of drug-likeness (QED) is 0.869. The monoisotopic (exact) mass is 241 g/mol. The van der Waals surface area contributed by atoms with Gasteiger partial charge < -0.3 is 5.32 Å². The zero-order valence-corrected chi connectivity index (χ0v) is 10.7. The van der Waals surface area contributed by atoms with E-state index in [1.165, 1.54) is 22.6 Å². The molecular formula is C12H16ClNS. The minimum Gasteiger partial charge on any atom is -0.317 e. The molecule has 1 aliphatic heterocycles. The molecule has 15 heavy (non-hydrogen) atoms. The fourth-order valence-electron chi connectivity index (χ4n) is 2.04. The van der Waals surface area contributed by atoms with Crippen LogP contribution in [0.1, 0.15) is 24.8 Å². The van der Waals surface area contributed by atoms with Crippen LogP contribution in [0.2, 0.25) is 5.02 Å². The molecule has 3 heteroatoms. The lowest BCUT2D eigenvalue weighted by atomic mass is 9.94. The van der Waals surface area contributed by atoms with E-state index in [0.29, 0.717) is 12.0 Å². The third-order valence-corrected chi connectivity index (χ3v) is 4.56. The summed E-state index contributed by atoms with van der Waals surface area (Å²) in [5.74, 6) is 1.78. The molecule has 0 aliphatic carbocycles. The molecule has 0 aromatic heterocycles. The van der Waals surface area contributed by atoms with Crippen molar-refractivity contribution < 1.29 is 0 Å². The fourth-order valence-corrected chi connectivity index (χ4v) is 3.72. The summed E-state index contributed by atoms with van der Waals surface area (Å²) < 4.78 is 0. The van der Waals surface area contributed by atoms with E-state index in [0.717, 1.165) is 5.02 Å². The van der Waals surface area contributed by atoms with Gasteiger partial charge in [-0.05, 0) is 44.0 Å². The zero-order valence-electron chi connectivity index (χ0n) is 9.09. The van der Waals surface area contributed by atoms with Gasteiger partial charge in [-0.2, -0.15) is 0 Å². The normalized spacial score (nSPS) is 21.4. The minimum atomic E-state index is 0.554. The molecule has 2 atom stereocenters. The van der Waals surface area contributed by atoms with Crippen molar-refractivity contribution in [2.75, 3.05) is 12.8 Å². The molecule has 2 unspecified atom stereocenters. The zero-order chi connectivity index (χ0) is 10.8. The smallest absolute Gasteiger partial charge is 0.0452 e. The molecule has 1 heterocycles. The summed E-state index contributed by atoms with van der Waals surface area (Å²) in [6.07, 6.45) is 1.17. The molecule has 0 saturated heterocycles. The highest BCUT2D eigenvalue weighted by molar-refractivity contribution is 7.99. The molecular weight excluding hydrogens is 226 g/mol. The first-order valence-electron chi connectivity index (χ1n) is 5.31. The summed E-state index contributed by atoms with van der Waals surface area (Å²) in [6.45, 7) is 2.22. The fraction of sp³-hybridized carbons (Fsp3) is 0.500. The molecule has 1 aliphatic rings. The summed E-state index contributed by atoms with van der Waals surface area (Å²) in [7, 11) is 2.01. The first-order valence-corrected chi connectivity index (χ1v) is 6.67. The second kappa shape index (κ2) is 4.77. The van der Waals surface area contributed by atoms with E-state index in [9.17, 15) is 0 Å². The van der Waals surface area contributed by atoms with Crippen LogP contribution in [0.5, 0.6) is 0 Å². The lowest BCUT2D eigenvalue weighted by Gasteiger charge is -2.17. The van der Waals surface area contributed by atoms with Gasteiger partial charge in [-0.15, -0.1) is 11.8 Å². The second-order valence-corrected chi connectivity index (χ2v) is 5.55. The minimum absolute atomic E-state index is 0.554. The van der Waals surface area contributed by atoms with E-state index in [-0.39, 0.29) is 0 Å². The molecule has 0 fully saturated rings. The number of hydrogen-bond donors (Lipinski definition) is 1. The Morgan fingerprint density at radius 3 is 3.13 bits per heavy atom. The number of thioether (sulfide) groups is 1. The van der Waals surface area contributed by atoms with E-state index in [1.54, 1.807) is 0 Å². The Hall–Kier alpha value is -0.180. The van der Waals surface area contributed by atoms with Gasteiger partial charge in [0.15, 0.2) is 0 Å². The molecule has 2 rings (SSSR count). The van der Waals surface area contributed by atoms with Gasteiger partial charge in [0.05, 0.1) is 0 Å². The molecule has 1 N–H and O–H groups in total. The van der Waals surface area contributed by atoms with Gasteiger partial charge in [-0.1, -0.05) is 17.7 Å². The standard InChI is InChI=1S/C12H16ClNS/c1-8(14-2)6-9-7-15-11-5-3-4-10(13)12(9)11/h3-5,8-9,14H,6-7H2,1-2H3. The van der Waals surface area contributed by atoms with Gasteiger partial charge in [-0.3, -0.25) is 0 Å². The summed E-state index contributed by atoms with van der Waals surface area (Å²) >= 11 is 8.19. The molecule has 0 saturated carbocycles. The predicted octanol–water partition coefficient (Wildman–Crippen LogP) is 3.53. The Kier molecular flexibility index (Phi) is 3.60. The number of hydrogen-bond acceptors (Lipinski definition) is 2. The highest BCUT2D eigenvalue weighted by Gasteiger charge is 2.26. The summed E-state index contributed by atoms with van der Waals surface area (Å²) in [4.78, 5) is 1.37. The molecule has 0 bridgehead atoms. The Morgan fingerprint density at radius 2 is 2.40 bits per heavy atom. The molecule has 82 valence electrons. The third kappa shape index (κ3) is 2.32. The number of benzene rings is 1. The van der Waals surface area contributed by atoms with E-state index < -0.39 is 0 Å². The summed E-state index contributed by atoms with van der Waals surface area (Å²) in [5, 5.41) is 4.23. The van der Waals surface area contributed by atoms with Gasteiger partial charge >= 0.3 is 0 Å². The summed E-state index contributed by atoms with van der Waals surface area (Å²) in [6, 6.07) is 6.77. The molecule has 0 spiro atoms. The lowest BCUT2D eigenvalue weighted by Crippen LogP contribution is -2.23. The Morgan fingerprint density at radius 1 is 1.60 bits per heavy atom. The van der Waals surface area contributed by atoms with E-state index in [4.69, 9.17) is 11.6 Å². The van der Waals surface area contributed by atoms with E-state index in [1.807, 2.05) is 30.9 Å². The number of rotatable bonds is 3. The van der Waals surface area contributed by atoms with Gasteiger partial charge in [0.25, 0.3) is 0 Å². The first-order chi connectivity index (χ1) is 7.22. The highest BCUT2D eigenvalue weighted by Crippen LogP contribution is 2.44. The van der Waals surface area contributed by atoms with Crippen LogP contribution in [0.3, 0.4) is 0 Å². The maximum atomic E-state index is 6.26. The number of fused-ring (bicyclic) bond motifs is 1. The van der Waals surface area contributed by atoms with Gasteiger partial charge in [0.1, 0.15) is 0 Å². The van der Waals surface area contributed by atoms with Crippen molar-refractivity contribution in [2.24, 2.45) is 0 Å². The van der Waals surface area contributed by atoms with Crippen molar-refractivity contribution in [3.8, 4) is 0 Å². The second-order valence-electron chi connectivity index (χ2n) is 4.08. The van der Waals surface area contributed by atoms with Gasteiger partial charge in [0, 0.05) is 21.7 Å². The van der Waals surface area contributed by atoms with Crippen molar-refractivity contribution in [3.63, 3.8) is 0 Å². The van der Waals surface area contributed by atoms with Crippen molar-refractivity contribution in [1.29, 1.82) is 0 Å². The maximum Gasteiger partial charge on any atom is 0.0452 e. The third-order valence-electron chi connectivity index (χ3n) is 2.99. The Balaban J connectivity index is 2.20. The Labute approximate surface area is 101 Å². The first kappa shape index (κ1) is 11.3. The maximum absolute atomic E-state index is 6.26. The predicted molar refractivity (Wildman–Crippen MR) is 68.1 cm³/mol. The van der Waals surface area contributed by atoms with Crippen LogP contribution in [-0.4, -0.2) is 18.8 Å². The van der Waals surface area contributed by atoms with Crippen LogP contribution in [0.4, 0.5) is 0 Å². The molecule has 1 aromatic rings. The van der Waals surface area contributed by atoms with Crippen molar-refractivity contribution in [3.05, 3.63) is 28.8 Å². The van der Waals surface area contributed by atoms with E-state index >= 15 is 0 Å². The lowest BCUT2D eigenvalue weighted by molar-refractivity contribution is 0.520. The van der Waals surface area contributed by atoms with Gasteiger partial charge in [-0.25, -0.2) is 0 Å². The van der Waals surface area contributed by atoms with Crippen LogP contribution in [-0.2, 0) is 0 Å². The van der Waals surface area contributed by atoms with Crippen LogP contribution in [0.15, 0.2) is 23.1 Å². The summed E-state index contributed by atoms with van der Waals surface area (Å²) in [5.41, 5.74) is 1.37. The largest absolute Gasteiger partial charge is 0.317 e. The van der Waals surface area contributed by atoms with Gasteiger partial charge in [0.2, 0.25) is 0 Å². The number of halogens is 1. The molecule has 1 nitrogen and oxygen atoms in total. The average molecular weight is 242 g/mol. The van der Waals surface area contributed by atoms with Crippen LogP contribution in [0.25, 0.3) is 0 Å². The van der Waals surface area contributed by atoms with Crippen molar-refractivity contribution >= 4 is 23.4 Å². The molecule has 0 radical (unpaired) electrons. The highest BCUT2D eigenvalue weighted by atomic mass is 35.5. The Bertz CT molecular complexity index is 353. The van der Waals surface area contributed by atoms with E-state index in [2.05, 4.69) is 18.3 Å². The topological polar surface area (TPSA) is 12.0 Å². The average Bonchev–Trinajstić information content (AvgIpc) is 2.63. The molecule has 1 aromatic carbocycles. The van der Waals surface area contributed by atoms with Crippen LogP contribution < -0.4 is 5.32 Å². The number of nitrogens with one attached hydrogen (secondary N) is 1. The van der Waals surface area contributed by atoms with Crippen LogP contribution in [0, 0.1) is 0 Å². The van der Waals surface area contributed by atoms with Crippen molar-refractivity contribution in [2.45, 2.75) is 30.2 Å². The SMILES string of the molecule is CNC(C)CC1CSc2cccc(Cl)c21. The molecule has 0 amide bonds.